The van der Waals surface area contributed by atoms with Crippen LogP contribution in [0, 0.1) is 22.7 Å². The van der Waals surface area contributed by atoms with Crippen LogP contribution in [0.5, 0.6) is 0 Å². The highest BCUT2D eigenvalue weighted by molar-refractivity contribution is 7.89. The number of sulfonamides is 1. The molecule has 174 valence electrons. The fourth-order valence-electron chi connectivity index (χ4n) is 3.63. The maximum absolute atomic E-state index is 12.9. The lowest BCUT2D eigenvalue weighted by Gasteiger charge is -2.22. The Labute approximate surface area is 186 Å². The summed E-state index contributed by atoms with van der Waals surface area (Å²) in [4.78, 5) is 0. The SMILES string of the molecule is CCCCCCCCCCS(=O)(=O)N(CCCCCCC#N)CCCCCCC#N. The molecule has 6 heteroatoms. The van der Waals surface area contributed by atoms with Crippen molar-refractivity contribution in [2.24, 2.45) is 0 Å². The summed E-state index contributed by atoms with van der Waals surface area (Å²) in [6.07, 6.45) is 17.9. The van der Waals surface area contributed by atoms with E-state index >= 15 is 0 Å². The molecular formula is C24H45N3O2S. The van der Waals surface area contributed by atoms with Crippen LogP contribution in [0.25, 0.3) is 0 Å². The summed E-state index contributed by atoms with van der Waals surface area (Å²) in [6, 6.07) is 4.32. The Morgan fingerprint density at radius 1 is 0.600 bits per heavy atom. The van der Waals surface area contributed by atoms with Gasteiger partial charge in [0.15, 0.2) is 0 Å². The van der Waals surface area contributed by atoms with E-state index in [0.717, 1.165) is 70.6 Å². The summed E-state index contributed by atoms with van der Waals surface area (Å²) in [5.41, 5.74) is 0. The Hall–Kier alpha value is -1.11. The fourth-order valence-corrected chi connectivity index (χ4v) is 5.27. The Bertz CT molecular complexity index is 538. The van der Waals surface area contributed by atoms with Gasteiger partial charge in [-0.1, -0.05) is 77.6 Å². The van der Waals surface area contributed by atoms with Crippen molar-refractivity contribution in [2.75, 3.05) is 18.8 Å². The molecule has 0 radical (unpaired) electrons. The van der Waals surface area contributed by atoms with Crippen molar-refractivity contribution in [1.29, 1.82) is 10.5 Å². The molecule has 0 fully saturated rings. The molecule has 0 heterocycles. The van der Waals surface area contributed by atoms with Crippen molar-refractivity contribution in [1.82, 2.24) is 4.31 Å². The quantitative estimate of drug-likeness (QED) is 0.175. The standard InChI is InChI=1S/C24H45N3O2S/c1-2-3-4-5-6-7-14-19-24-30(28,29)27(22-17-12-8-10-15-20-25)23-18-13-9-11-16-21-26/h2-19,22-24H2,1H3. The molecule has 30 heavy (non-hydrogen) atoms. The van der Waals surface area contributed by atoms with E-state index in [9.17, 15) is 8.42 Å². The van der Waals surface area contributed by atoms with Crippen molar-refractivity contribution < 1.29 is 8.42 Å². The Morgan fingerprint density at radius 2 is 1.00 bits per heavy atom. The van der Waals surface area contributed by atoms with E-state index in [0.29, 0.717) is 25.9 Å². The van der Waals surface area contributed by atoms with Crippen LogP contribution in [-0.2, 0) is 10.0 Å². The van der Waals surface area contributed by atoms with Gasteiger partial charge in [-0.05, 0) is 32.1 Å². The van der Waals surface area contributed by atoms with Gasteiger partial charge in [-0.15, -0.1) is 0 Å². The van der Waals surface area contributed by atoms with Gasteiger partial charge in [0, 0.05) is 25.9 Å². The van der Waals surface area contributed by atoms with Crippen molar-refractivity contribution >= 4 is 10.0 Å². The van der Waals surface area contributed by atoms with Gasteiger partial charge in [-0.3, -0.25) is 0 Å². The van der Waals surface area contributed by atoms with Crippen LogP contribution < -0.4 is 0 Å². The summed E-state index contributed by atoms with van der Waals surface area (Å²) in [5.74, 6) is 0.269. The molecule has 0 aliphatic rings. The third-order valence-corrected chi connectivity index (χ3v) is 7.50. The lowest BCUT2D eigenvalue weighted by molar-refractivity contribution is 0.384. The molecule has 0 aromatic rings. The van der Waals surface area contributed by atoms with E-state index < -0.39 is 10.0 Å². The van der Waals surface area contributed by atoms with Gasteiger partial charge in [0.25, 0.3) is 0 Å². The Balaban J connectivity index is 4.28. The monoisotopic (exact) mass is 439 g/mol. The average molecular weight is 440 g/mol. The second-order valence-corrected chi connectivity index (χ2v) is 10.4. The molecule has 0 amide bonds. The molecule has 0 saturated carbocycles. The maximum atomic E-state index is 12.9. The van der Waals surface area contributed by atoms with Gasteiger partial charge < -0.3 is 0 Å². The Kier molecular flexibility index (Phi) is 20.4. The molecule has 0 aliphatic carbocycles. The minimum atomic E-state index is -3.19. The molecule has 0 aromatic heterocycles. The van der Waals surface area contributed by atoms with Crippen LogP contribution in [0.2, 0.25) is 0 Å². The third-order valence-electron chi connectivity index (χ3n) is 5.54. The van der Waals surface area contributed by atoms with E-state index in [1.807, 2.05) is 0 Å². The van der Waals surface area contributed by atoms with Gasteiger partial charge in [0.2, 0.25) is 10.0 Å². The molecule has 0 aliphatic heterocycles. The molecular weight excluding hydrogens is 394 g/mol. The van der Waals surface area contributed by atoms with Gasteiger partial charge in [-0.2, -0.15) is 10.5 Å². The minimum absolute atomic E-state index is 0.269. The molecule has 5 nitrogen and oxygen atoms in total. The van der Waals surface area contributed by atoms with Crippen LogP contribution in [0.3, 0.4) is 0 Å². The average Bonchev–Trinajstić information content (AvgIpc) is 2.73. The van der Waals surface area contributed by atoms with E-state index in [2.05, 4.69) is 19.1 Å². The van der Waals surface area contributed by atoms with Crippen molar-refractivity contribution in [3.8, 4) is 12.1 Å². The van der Waals surface area contributed by atoms with Gasteiger partial charge in [-0.25, -0.2) is 12.7 Å². The highest BCUT2D eigenvalue weighted by atomic mass is 32.2. The fraction of sp³-hybridized carbons (Fsp3) is 0.917. The number of rotatable bonds is 22. The first-order chi connectivity index (χ1) is 14.6. The molecule has 0 N–H and O–H groups in total. The Morgan fingerprint density at radius 3 is 1.47 bits per heavy atom. The second kappa shape index (κ2) is 21.1. The smallest absolute Gasteiger partial charge is 0.212 e. The first-order valence-corrected chi connectivity index (χ1v) is 13.9. The molecule has 0 rings (SSSR count). The number of unbranched alkanes of at least 4 members (excludes halogenated alkanes) is 15. The lowest BCUT2D eigenvalue weighted by Crippen LogP contribution is -2.35. The molecule has 0 unspecified atom stereocenters. The zero-order valence-electron chi connectivity index (χ0n) is 19.4. The van der Waals surface area contributed by atoms with Crippen molar-refractivity contribution in [2.45, 2.75) is 122 Å². The second-order valence-electron chi connectivity index (χ2n) is 8.33. The molecule has 0 spiro atoms. The van der Waals surface area contributed by atoms with Gasteiger partial charge >= 0.3 is 0 Å². The summed E-state index contributed by atoms with van der Waals surface area (Å²) in [6.45, 7) is 3.42. The zero-order chi connectivity index (χ0) is 22.3. The van der Waals surface area contributed by atoms with Crippen LogP contribution >= 0.6 is 0 Å². The topological polar surface area (TPSA) is 85.0 Å². The van der Waals surface area contributed by atoms with Crippen molar-refractivity contribution in [3.63, 3.8) is 0 Å². The summed E-state index contributed by atoms with van der Waals surface area (Å²) >= 11 is 0. The predicted molar refractivity (Wildman–Crippen MR) is 125 cm³/mol. The third kappa shape index (κ3) is 17.7. The highest BCUT2D eigenvalue weighted by Gasteiger charge is 2.20. The summed E-state index contributed by atoms with van der Waals surface area (Å²) in [5, 5.41) is 17.2. The first-order valence-electron chi connectivity index (χ1n) is 12.3. The first kappa shape index (κ1) is 28.9. The lowest BCUT2D eigenvalue weighted by atomic mass is 10.1. The molecule has 0 aromatic carbocycles. The van der Waals surface area contributed by atoms with Crippen LogP contribution in [-0.4, -0.2) is 31.6 Å². The maximum Gasteiger partial charge on any atom is 0.214 e. The molecule has 0 atom stereocenters. The van der Waals surface area contributed by atoms with E-state index in [1.165, 1.54) is 32.1 Å². The number of hydrogen-bond acceptors (Lipinski definition) is 4. The summed E-state index contributed by atoms with van der Waals surface area (Å²) in [7, 11) is -3.19. The molecule has 0 bridgehead atoms. The number of nitrogens with zero attached hydrogens (tertiary/aromatic N) is 3. The van der Waals surface area contributed by atoms with Crippen LogP contribution in [0.1, 0.15) is 122 Å². The van der Waals surface area contributed by atoms with Gasteiger partial charge in [0.1, 0.15) is 0 Å². The van der Waals surface area contributed by atoms with E-state index in [1.54, 1.807) is 4.31 Å². The summed E-state index contributed by atoms with van der Waals surface area (Å²) < 4.78 is 27.5. The van der Waals surface area contributed by atoms with Crippen LogP contribution in [0.15, 0.2) is 0 Å². The minimum Gasteiger partial charge on any atom is -0.212 e. The zero-order valence-corrected chi connectivity index (χ0v) is 20.2. The van der Waals surface area contributed by atoms with Crippen LogP contribution in [0.4, 0.5) is 0 Å². The van der Waals surface area contributed by atoms with E-state index in [-0.39, 0.29) is 5.75 Å². The number of hydrogen-bond donors (Lipinski definition) is 0. The van der Waals surface area contributed by atoms with Crippen molar-refractivity contribution in [3.05, 3.63) is 0 Å². The van der Waals surface area contributed by atoms with Gasteiger partial charge in [0.05, 0.1) is 17.9 Å². The highest BCUT2D eigenvalue weighted by Crippen LogP contribution is 2.14. The largest absolute Gasteiger partial charge is 0.214 e. The predicted octanol–water partition coefficient (Wildman–Crippen LogP) is 6.71. The van der Waals surface area contributed by atoms with E-state index in [4.69, 9.17) is 10.5 Å². The molecule has 0 saturated heterocycles. The number of nitriles is 2. The normalized spacial score (nSPS) is 11.5.